The van der Waals surface area contributed by atoms with Crippen molar-refractivity contribution < 1.29 is 23.5 Å². The Morgan fingerprint density at radius 2 is 1.91 bits per heavy atom. The van der Waals surface area contributed by atoms with Crippen LogP contribution in [0.3, 0.4) is 0 Å². The summed E-state index contributed by atoms with van der Waals surface area (Å²) < 4.78 is 18.0. The van der Waals surface area contributed by atoms with Gasteiger partial charge in [0, 0.05) is 6.54 Å². The van der Waals surface area contributed by atoms with Crippen LogP contribution in [0.2, 0.25) is 0 Å². The number of hydrogen-bond donors (Lipinski definition) is 1. The molecular formula is C25H27FN2O4. The van der Waals surface area contributed by atoms with E-state index in [4.69, 9.17) is 0 Å². The molecule has 0 aromatic heterocycles. The number of fused-ring (bicyclic) bond motifs is 1. The van der Waals surface area contributed by atoms with Crippen LogP contribution in [0.15, 0.2) is 48.5 Å². The number of anilines is 1. The molecule has 0 aliphatic carbocycles. The highest BCUT2D eigenvalue weighted by Gasteiger charge is 2.38. The van der Waals surface area contributed by atoms with Gasteiger partial charge in [0.1, 0.15) is 11.4 Å². The number of carbonyl (C=O) groups excluding carboxylic acids is 3. The molecule has 2 aliphatic heterocycles. The fourth-order valence-corrected chi connectivity index (χ4v) is 3.60. The highest BCUT2D eigenvalue weighted by Crippen LogP contribution is 2.36. The Morgan fingerprint density at radius 3 is 2.50 bits per heavy atom. The number of hydrogen-bond acceptors (Lipinski definition) is 5. The van der Waals surface area contributed by atoms with Crippen LogP contribution in [0, 0.1) is 5.82 Å². The van der Waals surface area contributed by atoms with E-state index >= 15 is 0 Å². The molecule has 168 valence electrons. The van der Waals surface area contributed by atoms with Crippen molar-refractivity contribution in [3.63, 3.8) is 0 Å². The second kappa shape index (κ2) is 9.87. The molecule has 32 heavy (non-hydrogen) atoms. The number of nitrogens with zero attached hydrogens (tertiary/aromatic N) is 1. The maximum Gasteiger partial charge on any atom is 0.299 e. The van der Waals surface area contributed by atoms with Gasteiger partial charge in [0.2, 0.25) is 0 Å². The molecule has 4 rings (SSSR count). The van der Waals surface area contributed by atoms with Crippen LogP contribution in [0.25, 0.3) is 5.57 Å². The third kappa shape index (κ3) is 5.48. The highest BCUT2D eigenvalue weighted by molar-refractivity contribution is 6.52. The molecule has 0 saturated heterocycles. The summed E-state index contributed by atoms with van der Waals surface area (Å²) in [4.78, 5) is 36.2. The lowest BCUT2D eigenvalue weighted by Gasteiger charge is -2.19. The second-order valence-electron chi connectivity index (χ2n) is 8.56. The quantitative estimate of drug-likeness (QED) is 0.579. The Kier molecular flexibility index (Phi) is 7.20. The van der Waals surface area contributed by atoms with Crippen LogP contribution < -0.4 is 10.2 Å². The van der Waals surface area contributed by atoms with Gasteiger partial charge in [-0.1, -0.05) is 30.3 Å². The summed E-state index contributed by atoms with van der Waals surface area (Å²) in [5, 5.41) is 3.24. The first kappa shape index (κ1) is 23.3. The number of Topliss-reactive ketones (excluding diaryl/α,β-unsaturated/α-hetero) is 1. The summed E-state index contributed by atoms with van der Waals surface area (Å²) in [7, 11) is 0. The number of carbonyl (C=O) groups is 3. The summed E-state index contributed by atoms with van der Waals surface area (Å²) in [5.41, 5.74) is 3.33. The topological polar surface area (TPSA) is 75.7 Å². The molecule has 0 spiro atoms. The highest BCUT2D eigenvalue weighted by atomic mass is 19.1. The fraction of sp³-hybridized carbons (Fsp3) is 0.320. The van der Waals surface area contributed by atoms with Crippen LogP contribution in [-0.2, 0) is 20.9 Å². The molecule has 0 unspecified atom stereocenters. The third-order valence-corrected chi connectivity index (χ3v) is 5.04. The van der Waals surface area contributed by atoms with E-state index < -0.39 is 11.7 Å². The first-order valence-electron chi connectivity index (χ1n) is 10.5. The Morgan fingerprint density at radius 1 is 1.16 bits per heavy atom. The second-order valence-corrected chi connectivity index (χ2v) is 8.56. The lowest BCUT2D eigenvalue weighted by molar-refractivity contribution is -0.138. The molecule has 0 saturated carbocycles. The predicted molar refractivity (Wildman–Crippen MR) is 121 cm³/mol. The first-order valence-corrected chi connectivity index (χ1v) is 10.5. The van der Waals surface area contributed by atoms with Gasteiger partial charge in [-0.2, -0.15) is 0 Å². The molecule has 2 aromatic carbocycles. The Bertz CT molecular complexity index is 1060. The van der Waals surface area contributed by atoms with E-state index in [0.29, 0.717) is 23.3 Å². The molecule has 1 N–H and O–H groups in total. The summed E-state index contributed by atoms with van der Waals surface area (Å²) in [6, 6.07) is 11.6. The van der Waals surface area contributed by atoms with Gasteiger partial charge in [-0.15, -0.1) is 0 Å². The number of ether oxygens (including phenoxy) is 1. The SMILES string of the molecule is CC(C)(C)OC=O.O=C1C(=O)N(Cc2cccc(F)c2)c2cccc(C3=CCNCC3)c21. The standard InChI is InChI=1S/C20H17FN2O2.C5H10O2/c21-15-4-1-3-13(11-15)12-23-17-6-2-5-16(14-7-9-22-10-8-14)18(17)19(24)20(23)25;1-5(2,3)7-4-6/h1-7,11,22H,8-10,12H2;4H,1-3H3. The normalized spacial score (nSPS) is 15.5. The van der Waals surface area contributed by atoms with Crippen molar-refractivity contribution >= 4 is 29.4 Å². The van der Waals surface area contributed by atoms with E-state index in [2.05, 4.69) is 16.1 Å². The molecule has 2 aliphatic rings. The summed E-state index contributed by atoms with van der Waals surface area (Å²) in [6.45, 7) is 7.71. The molecule has 0 bridgehead atoms. The fourth-order valence-electron chi connectivity index (χ4n) is 3.60. The number of benzene rings is 2. The van der Waals surface area contributed by atoms with E-state index in [1.165, 1.54) is 17.0 Å². The van der Waals surface area contributed by atoms with E-state index in [0.717, 1.165) is 30.6 Å². The first-order chi connectivity index (χ1) is 15.2. The van der Waals surface area contributed by atoms with E-state index in [-0.39, 0.29) is 18.0 Å². The molecular weight excluding hydrogens is 411 g/mol. The summed E-state index contributed by atoms with van der Waals surface area (Å²) >= 11 is 0. The number of rotatable bonds is 4. The number of halogens is 1. The largest absolute Gasteiger partial charge is 0.462 e. The molecule has 7 heteroatoms. The molecule has 0 fully saturated rings. The van der Waals surface area contributed by atoms with E-state index in [1.54, 1.807) is 18.2 Å². The molecule has 2 heterocycles. The van der Waals surface area contributed by atoms with Crippen molar-refractivity contribution in [2.45, 2.75) is 39.3 Å². The molecule has 0 radical (unpaired) electrons. The maximum atomic E-state index is 13.4. The lowest BCUT2D eigenvalue weighted by atomic mass is 9.93. The minimum atomic E-state index is -0.554. The van der Waals surface area contributed by atoms with E-state index in [1.807, 2.05) is 32.9 Å². The Labute approximate surface area is 187 Å². The minimum Gasteiger partial charge on any atom is -0.462 e. The van der Waals surface area contributed by atoms with Crippen LogP contribution in [-0.4, -0.2) is 36.9 Å². The smallest absolute Gasteiger partial charge is 0.299 e. The van der Waals surface area contributed by atoms with Crippen molar-refractivity contribution in [3.05, 3.63) is 71.0 Å². The third-order valence-electron chi connectivity index (χ3n) is 5.04. The maximum absolute atomic E-state index is 13.4. The zero-order valence-electron chi connectivity index (χ0n) is 18.5. The minimum absolute atomic E-state index is 0.180. The van der Waals surface area contributed by atoms with Gasteiger partial charge in [-0.3, -0.25) is 14.4 Å². The zero-order chi connectivity index (χ0) is 23.3. The van der Waals surface area contributed by atoms with Gasteiger partial charge in [0.05, 0.1) is 17.8 Å². The average Bonchev–Trinajstić information content (AvgIpc) is 2.99. The van der Waals surface area contributed by atoms with Crippen LogP contribution in [0.5, 0.6) is 0 Å². The van der Waals surface area contributed by atoms with Gasteiger partial charge < -0.3 is 15.0 Å². The number of amides is 1. The van der Waals surface area contributed by atoms with Gasteiger partial charge in [0.25, 0.3) is 18.2 Å². The molecule has 6 nitrogen and oxygen atoms in total. The molecule has 1 amide bonds. The van der Waals surface area contributed by atoms with Crippen LogP contribution >= 0.6 is 0 Å². The number of nitrogens with one attached hydrogen (secondary N) is 1. The predicted octanol–water partition coefficient (Wildman–Crippen LogP) is 3.89. The van der Waals surface area contributed by atoms with Crippen molar-refractivity contribution in [1.82, 2.24) is 5.32 Å². The summed E-state index contributed by atoms with van der Waals surface area (Å²) in [5.74, 6) is -1.40. The summed E-state index contributed by atoms with van der Waals surface area (Å²) in [6.07, 6.45) is 2.88. The molecule has 0 atom stereocenters. The number of ketones is 1. The van der Waals surface area contributed by atoms with Crippen molar-refractivity contribution in [2.24, 2.45) is 0 Å². The van der Waals surface area contributed by atoms with Crippen molar-refractivity contribution in [1.29, 1.82) is 0 Å². The molecule has 2 aromatic rings. The van der Waals surface area contributed by atoms with Crippen molar-refractivity contribution in [2.75, 3.05) is 18.0 Å². The van der Waals surface area contributed by atoms with E-state index in [9.17, 15) is 18.8 Å². The van der Waals surface area contributed by atoms with Crippen LogP contribution in [0.4, 0.5) is 10.1 Å². The Balaban J connectivity index is 0.000000360. The Hall–Kier alpha value is -3.32. The van der Waals surface area contributed by atoms with Gasteiger partial charge in [0.15, 0.2) is 0 Å². The van der Waals surface area contributed by atoms with Crippen molar-refractivity contribution in [3.8, 4) is 0 Å². The van der Waals surface area contributed by atoms with Gasteiger partial charge in [-0.25, -0.2) is 4.39 Å². The monoisotopic (exact) mass is 438 g/mol. The average molecular weight is 438 g/mol. The lowest BCUT2D eigenvalue weighted by Crippen LogP contribution is -2.29. The van der Waals surface area contributed by atoms with Crippen LogP contribution in [0.1, 0.15) is 48.7 Å². The van der Waals surface area contributed by atoms with Gasteiger partial charge >= 0.3 is 0 Å². The zero-order valence-corrected chi connectivity index (χ0v) is 18.5. The van der Waals surface area contributed by atoms with Gasteiger partial charge in [-0.05, 0) is 68.6 Å².